The van der Waals surface area contributed by atoms with Crippen molar-refractivity contribution in [1.82, 2.24) is 5.32 Å². The minimum absolute atomic E-state index is 0.166. The molecule has 2 heteroatoms. The molecule has 1 atom stereocenters. The second-order valence-corrected chi connectivity index (χ2v) is 4.80. The molecule has 1 N–H and O–H groups in total. The van der Waals surface area contributed by atoms with Crippen LogP contribution in [0.4, 0.5) is 4.39 Å². The SMILES string of the molecule is CCNC(Cc1ccc(F)cc1C)c1ccccc1. The molecular weight excluding hydrogens is 237 g/mol. The van der Waals surface area contributed by atoms with Crippen LogP contribution >= 0.6 is 0 Å². The Balaban J connectivity index is 2.21. The Morgan fingerprint density at radius 2 is 1.84 bits per heavy atom. The molecule has 1 unspecified atom stereocenters. The molecule has 0 aliphatic rings. The maximum absolute atomic E-state index is 13.1. The lowest BCUT2D eigenvalue weighted by molar-refractivity contribution is 0.547. The van der Waals surface area contributed by atoms with Gasteiger partial charge in [-0.25, -0.2) is 4.39 Å². The number of aryl methyl sites for hydroxylation is 1. The van der Waals surface area contributed by atoms with Crippen molar-refractivity contribution in [3.05, 3.63) is 71.0 Å². The summed E-state index contributed by atoms with van der Waals surface area (Å²) in [6.45, 7) is 4.99. The summed E-state index contributed by atoms with van der Waals surface area (Å²) in [4.78, 5) is 0. The topological polar surface area (TPSA) is 12.0 Å². The molecule has 0 amide bonds. The zero-order valence-corrected chi connectivity index (χ0v) is 11.5. The highest BCUT2D eigenvalue weighted by Gasteiger charge is 2.12. The lowest BCUT2D eigenvalue weighted by atomic mass is 9.96. The van der Waals surface area contributed by atoms with Gasteiger partial charge in [0.05, 0.1) is 0 Å². The first-order chi connectivity index (χ1) is 9.20. The monoisotopic (exact) mass is 257 g/mol. The zero-order chi connectivity index (χ0) is 13.7. The van der Waals surface area contributed by atoms with Crippen LogP contribution in [0.1, 0.15) is 29.7 Å². The Labute approximate surface area is 114 Å². The average Bonchev–Trinajstić information content (AvgIpc) is 2.42. The number of benzene rings is 2. The number of halogens is 1. The van der Waals surface area contributed by atoms with E-state index in [9.17, 15) is 4.39 Å². The van der Waals surface area contributed by atoms with E-state index >= 15 is 0 Å². The van der Waals surface area contributed by atoms with Gasteiger partial charge in [-0.05, 0) is 48.7 Å². The predicted octanol–water partition coefficient (Wildman–Crippen LogP) is 4.03. The van der Waals surface area contributed by atoms with Gasteiger partial charge in [-0.2, -0.15) is 0 Å². The number of hydrogen-bond donors (Lipinski definition) is 1. The number of rotatable bonds is 5. The Kier molecular flexibility index (Phi) is 4.69. The largest absolute Gasteiger partial charge is 0.310 e. The van der Waals surface area contributed by atoms with Crippen LogP contribution in [-0.2, 0) is 6.42 Å². The molecule has 0 saturated heterocycles. The van der Waals surface area contributed by atoms with Crippen molar-refractivity contribution in [2.24, 2.45) is 0 Å². The molecule has 0 aromatic heterocycles. The van der Waals surface area contributed by atoms with Crippen molar-refractivity contribution >= 4 is 0 Å². The molecule has 0 heterocycles. The van der Waals surface area contributed by atoms with Crippen molar-refractivity contribution in [3.63, 3.8) is 0 Å². The van der Waals surface area contributed by atoms with E-state index in [1.807, 2.05) is 19.1 Å². The molecule has 100 valence electrons. The summed E-state index contributed by atoms with van der Waals surface area (Å²) >= 11 is 0. The number of nitrogens with one attached hydrogen (secondary N) is 1. The first kappa shape index (κ1) is 13.8. The molecule has 0 radical (unpaired) electrons. The number of hydrogen-bond acceptors (Lipinski definition) is 1. The van der Waals surface area contributed by atoms with Crippen molar-refractivity contribution in [2.45, 2.75) is 26.3 Å². The van der Waals surface area contributed by atoms with Gasteiger partial charge in [0, 0.05) is 6.04 Å². The third kappa shape index (κ3) is 3.65. The van der Waals surface area contributed by atoms with E-state index in [0.717, 1.165) is 18.5 Å². The minimum atomic E-state index is -0.166. The Bertz CT molecular complexity index is 522. The normalized spacial score (nSPS) is 12.4. The molecule has 2 rings (SSSR count). The molecule has 2 aromatic rings. The summed E-state index contributed by atoms with van der Waals surface area (Å²) < 4.78 is 13.1. The quantitative estimate of drug-likeness (QED) is 0.852. The van der Waals surface area contributed by atoms with Gasteiger partial charge in [0.25, 0.3) is 0 Å². The third-order valence-electron chi connectivity index (χ3n) is 3.38. The molecule has 0 aliphatic heterocycles. The van der Waals surface area contributed by atoms with Crippen LogP contribution in [0.5, 0.6) is 0 Å². The summed E-state index contributed by atoms with van der Waals surface area (Å²) in [5, 5.41) is 3.50. The maximum Gasteiger partial charge on any atom is 0.123 e. The molecule has 0 spiro atoms. The van der Waals surface area contributed by atoms with Gasteiger partial charge in [-0.1, -0.05) is 43.3 Å². The van der Waals surface area contributed by atoms with Crippen LogP contribution in [0.15, 0.2) is 48.5 Å². The molecule has 0 fully saturated rings. The predicted molar refractivity (Wildman–Crippen MR) is 77.7 cm³/mol. The van der Waals surface area contributed by atoms with Crippen LogP contribution in [0.3, 0.4) is 0 Å². The summed E-state index contributed by atoms with van der Waals surface area (Å²) in [5.74, 6) is -0.166. The van der Waals surface area contributed by atoms with Crippen LogP contribution in [0, 0.1) is 12.7 Å². The molecule has 2 aromatic carbocycles. The van der Waals surface area contributed by atoms with E-state index in [-0.39, 0.29) is 11.9 Å². The second kappa shape index (κ2) is 6.48. The summed E-state index contributed by atoms with van der Waals surface area (Å²) in [7, 11) is 0. The van der Waals surface area contributed by atoms with Crippen LogP contribution in [-0.4, -0.2) is 6.54 Å². The maximum atomic E-state index is 13.1. The number of likely N-dealkylation sites (N-methyl/N-ethyl adjacent to an activating group) is 1. The van der Waals surface area contributed by atoms with E-state index in [4.69, 9.17) is 0 Å². The average molecular weight is 257 g/mol. The first-order valence-electron chi connectivity index (χ1n) is 6.74. The minimum Gasteiger partial charge on any atom is -0.310 e. The van der Waals surface area contributed by atoms with Gasteiger partial charge in [0.2, 0.25) is 0 Å². The fourth-order valence-corrected chi connectivity index (χ4v) is 2.35. The lowest BCUT2D eigenvalue weighted by Gasteiger charge is -2.19. The van der Waals surface area contributed by atoms with Crippen molar-refractivity contribution < 1.29 is 4.39 Å². The highest BCUT2D eigenvalue weighted by Crippen LogP contribution is 2.21. The first-order valence-corrected chi connectivity index (χ1v) is 6.74. The van der Waals surface area contributed by atoms with Crippen LogP contribution < -0.4 is 5.32 Å². The van der Waals surface area contributed by atoms with Crippen molar-refractivity contribution in [2.75, 3.05) is 6.54 Å². The van der Waals surface area contributed by atoms with Gasteiger partial charge in [-0.3, -0.25) is 0 Å². The summed E-state index contributed by atoms with van der Waals surface area (Å²) in [6, 6.07) is 15.7. The second-order valence-electron chi connectivity index (χ2n) is 4.80. The van der Waals surface area contributed by atoms with Gasteiger partial charge < -0.3 is 5.32 Å². The zero-order valence-electron chi connectivity index (χ0n) is 11.5. The smallest absolute Gasteiger partial charge is 0.123 e. The summed E-state index contributed by atoms with van der Waals surface area (Å²) in [6.07, 6.45) is 0.879. The van der Waals surface area contributed by atoms with E-state index in [0.29, 0.717) is 0 Å². The summed E-state index contributed by atoms with van der Waals surface area (Å²) in [5.41, 5.74) is 3.48. The Hall–Kier alpha value is -1.67. The van der Waals surface area contributed by atoms with Gasteiger partial charge in [0.15, 0.2) is 0 Å². The molecule has 1 nitrogen and oxygen atoms in total. The Morgan fingerprint density at radius 1 is 1.11 bits per heavy atom. The van der Waals surface area contributed by atoms with E-state index in [2.05, 4.69) is 36.5 Å². The standard InChI is InChI=1S/C17H20FN/c1-3-19-17(14-7-5-4-6-8-14)12-15-9-10-16(18)11-13(15)2/h4-11,17,19H,3,12H2,1-2H3. The van der Waals surface area contributed by atoms with E-state index in [1.165, 1.54) is 17.2 Å². The molecule has 0 aliphatic carbocycles. The molecule has 0 bridgehead atoms. The highest BCUT2D eigenvalue weighted by molar-refractivity contribution is 5.30. The van der Waals surface area contributed by atoms with Crippen LogP contribution in [0.25, 0.3) is 0 Å². The van der Waals surface area contributed by atoms with Crippen molar-refractivity contribution in [3.8, 4) is 0 Å². The molecule has 19 heavy (non-hydrogen) atoms. The fourth-order valence-electron chi connectivity index (χ4n) is 2.35. The third-order valence-corrected chi connectivity index (χ3v) is 3.38. The molecular formula is C17H20FN. The fraction of sp³-hybridized carbons (Fsp3) is 0.294. The van der Waals surface area contributed by atoms with Gasteiger partial charge in [0.1, 0.15) is 5.82 Å². The lowest BCUT2D eigenvalue weighted by Crippen LogP contribution is -2.23. The van der Waals surface area contributed by atoms with Gasteiger partial charge in [-0.15, -0.1) is 0 Å². The van der Waals surface area contributed by atoms with Crippen LogP contribution in [0.2, 0.25) is 0 Å². The van der Waals surface area contributed by atoms with E-state index in [1.54, 1.807) is 6.07 Å². The van der Waals surface area contributed by atoms with Gasteiger partial charge >= 0.3 is 0 Å². The highest BCUT2D eigenvalue weighted by atomic mass is 19.1. The van der Waals surface area contributed by atoms with Crippen molar-refractivity contribution in [1.29, 1.82) is 0 Å². The van der Waals surface area contributed by atoms with E-state index < -0.39 is 0 Å². The molecule has 0 saturated carbocycles. The Morgan fingerprint density at radius 3 is 2.47 bits per heavy atom.